The lowest BCUT2D eigenvalue weighted by molar-refractivity contribution is 0.0519. The first-order chi connectivity index (χ1) is 9.20. The number of halogens is 2. The van der Waals surface area contributed by atoms with Crippen molar-refractivity contribution in [3.05, 3.63) is 34.9 Å². The minimum absolute atomic E-state index is 0.0744. The van der Waals surface area contributed by atoms with Crippen molar-refractivity contribution in [2.75, 3.05) is 20.3 Å². The molecule has 0 saturated carbocycles. The van der Waals surface area contributed by atoms with Gasteiger partial charge in [0.15, 0.2) is 0 Å². The molecule has 0 aliphatic heterocycles. The number of benzene rings is 1. The molecule has 0 bridgehead atoms. The lowest BCUT2D eigenvalue weighted by Crippen LogP contribution is -2.01. The summed E-state index contributed by atoms with van der Waals surface area (Å²) in [5.74, 6) is -0.129. The molecule has 7 heteroatoms. The molecule has 1 heterocycles. The lowest BCUT2D eigenvalue weighted by Gasteiger charge is -1.99. The van der Waals surface area contributed by atoms with E-state index in [9.17, 15) is 4.39 Å². The zero-order valence-corrected chi connectivity index (χ0v) is 11.0. The van der Waals surface area contributed by atoms with Crippen LogP contribution < -0.4 is 0 Å². The van der Waals surface area contributed by atoms with Crippen molar-refractivity contribution < 1.29 is 18.3 Å². The van der Waals surface area contributed by atoms with Crippen LogP contribution in [0.2, 0.25) is 5.02 Å². The van der Waals surface area contributed by atoms with Crippen molar-refractivity contribution >= 4 is 11.6 Å². The second-order valence-electron chi connectivity index (χ2n) is 3.67. The van der Waals surface area contributed by atoms with E-state index in [1.165, 1.54) is 18.2 Å². The Bertz CT molecular complexity index is 548. The fourth-order valence-corrected chi connectivity index (χ4v) is 1.56. The fraction of sp³-hybridized carbons (Fsp3) is 0.333. The number of ether oxygens (including phenoxy) is 2. The molecule has 0 radical (unpaired) electrons. The largest absolute Gasteiger partial charge is 0.418 e. The smallest absolute Gasteiger partial charge is 0.250 e. The molecular formula is C12H12ClFN2O3. The Balaban J connectivity index is 2.06. The van der Waals surface area contributed by atoms with E-state index >= 15 is 0 Å². The summed E-state index contributed by atoms with van der Waals surface area (Å²) in [4.78, 5) is 0. The summed E-state index contributed by atoms with van der Waals surface area (Å²) < 4.78 is 28.9. The van der Waals surface area contributed by atoms with Gasteiger partial charge in [0.25, 0.3) is 5.89 Å². The van der Waals surface area contributed by atoms with Gasteiger partial charge in [-0.15, -0.1) is 10.2 Å². The maximum Gasteiger partial charge on any atom is 0.250 e. The van der Waals surface area contributed by atoms with Crippen molar-refractivity contribution in [3.63, 3.8) is 0 Å². The van der Waals surface area contributed by atoms with Gasteiger partial charge >= 0.3 is 0 Å². The molecular weight excluding hydrogens is 275 g/mol. The van der Waals surface area contributed by atoms with Crippen LogP contribution in [0.1, 0.15) is 5.89 Å². The third-order valence-corrected chi connectivity index (χ3v) is 2.52. The molecule has 0 aliphatic rings. The van der Waals surface area contributed by atoms with Crippen LogP contribution in [0.15, 0.2) is 22.6 Å². The first-order valence-corrected chi connectivity index (χ1v) is 5.93. The quantitative estimate of drug-likeness (QED) is 0.764. The molecule has 0 unspecified atom stereocenters. The number of aromatic nitrogens is 2. The van der Waals surface area contributed by atoms with Crippen LogP contribution in [0.4, 0.5) is 4.39 Å². The summed E-state index contributed by atoms with van der Waals surface area (Å²) in [6.45, 7) is 1.04. The molecule has 0 saturated heterocycles. The minimum Gasteiger partial charge on any atom is -0.418 e. The van der Waals surface area contributed by atoms with Crippen molar-refractivity contribution in [2.24, 2.45) is 0 Å². The Morgan fingerprint density at radius 3 is 2.95 bits per heavy atom. The molecule has 0 aliphatic carbocycles. The third kappa shape index (κ3) is 3.73. The van der Waals surface area contributed by atoms with Gasteiger partial charge in [-0.25, -0.2) is 4.39 Å². The van der Waals surface area contributed by atoms with E-state index in [0.717, 1.165) is 0 Å². The summed E-state index contributed by atoms with van der Waals surface area (Å²) in [6.07, 6.45) is 0. The van der Waals surface area contributed by atoms with Crippen LogP contribution in [0, 0.1) is 5.82 Å². The van der Waals surface area contributed by atoms with Crippen molar-refractivity contribution in [2.45, 2.75) is 6.61 Å². The maximum absolute atomic E-state index is 13.6. The zero-order valence-electron chi connectivity index (χ0n) is 10.2. The van der Waals surface area contributed by atoms with E-state index < -0.39 is 5.82 Å². The highest BCUT2D eigenvalue weighted by atomic mass is 35.5. The van der Waals surface area contributed by atoms with Crippen LogP contribution in [0.5, 0.6) is 0 Å². The summed E-state index contributed by atoms with van der Waals surface area (Å²) in [7, 11) is 1.58. The molecule has 2 rings (SSSR count). The molecule has 5 nitrogen and oxygen atoms in total. The molecule has 2 aromatic rings. The molecule has 19 heavy (non-hydrogen) atoms. The average Bonchev–Trinajstić information content (AvgIpc) is 2.86. The summed E-state index contributed by atoms with van der Waals surface area (Å²) in [6, 6.07) is 4.13. The van der Waals surface area contributed by atoms with E-state index in [1.807, 2.05) is 0 Å². The molecule has 0 atom stereocenters. The van der Waals surface area contributed by atoms with Crippen LogP contribution in [-0.2, 0) is 16.1 Å². The number of hydrogen-bond acceptors (Lipinski definition) is 5. The van der Waals surface area contributed by atoms with Gasteiger partial charge in [-0.3, -0.25) is 0 Å². The minimum atomic E-state index is -0.472. The fourth-order valence-electron chi connectivity index (χ4n) is 1.38. The Morgan fingerprint density at radius 2 is 2.16 bits per heavy atom. The van der Waals surface area contributed by atoms with Gasteiger partial charge in [0.05, 0.1) is 18.8 Å². The molecule has 0 spiro atoms. The van der Waals surface area contributed by atoms with Gasteiger partial charge in [-0.1, -0.05) is 11.6 Å². The van der Waals surface area contributed by atoms with E-state index in [4.69, 9.17) is 25.5 Å². The first-order valence-electron chi connectivity index (χ1n) is 5.55. The summed E-state index contributed by atoms with van der Waals surface area (Å²) in [5, 5.41) is 7.93. The van der Waals surface area contributed by atoms with E-state index in [2.05, 4.69) is 10.2 Å². The van der Waals surface area contributed by atoms with Gasteiger partial charge in [-0.05, 0) is 18.2 Å². The Morgan fingerprint density at radius 1 is 1.32 bits per heavy atom. The van der Waals surface area contributed by atoms with Gasteiger partial charge in [0.2, 0.25) is 5.89 Å². The topological polar surface area (TPSA) is 57.4 Å². The van der Waals surface area contributed by atoms with Crippen LogP contribution in [-0.4, -0.2) is 30.5 Å². The van der Waals surface area contributed by atoms with Gasteiger partial charge in [-0.2, -0.15) is 0 Å². The highest BCUT2D eigenvalue weighted by Crippen LogP contribution is 2.24. The molecule has 102 valence electrons. The molecule has 1 aromatic heterocycles. The second kappa shape index (κ2) is 6.60. The normalized spacial score (nSPS) is 10.9. The first kappa shape index (κ1) is 13.9. The van der Waals surface area contributed by atoms with E-state index in [0.29, 0.717) is 18.2 Å². The monoisotopic (exact) mass is 286 g/mol. The maximum atomic E-state index is 13.6. The number of hydrogen-bond donors (Lipinski definition) is 0. The summed E-state index contributed by atoms with van der Waals surface area (Å²) >= 11 is 5.80. The SMILES string of the molecule is COCCOCc1nnc(-c2cc(Cl)ccc2F)o1. The van der Waals surface area contributed by atoms with Crippen molar-refractivity contribution in [1.82, 2.24) is 10.2 Å². The summed E-state index contributed by atoms with van der Waals surface area (Å²) in [5.41, 5.74) is 0.170. The van der Waals surface area contributed by atoms with E-state index in [1.54, 1.807) is 7.11 Å². The number of nitrogens with zero attached hydrogens (tertiary/aromatic N) is 2. The molecule has 0 amide bonds. The second-order valence-corrected chi connectivity index (χ2v) is 4.11. The number of rotatable bonds is 6. The highest BCUT2D eigenvalue weighted by Gasteiger charge is 2.13. The van der Waals surface area contributed by atoms with Gasteiger partial charge in [0, 0.05) is 12.1 Å². The lowest BCUT2D eigenvalue weighted by atomic mass is 10.2. The Hall–Kier alpha value is -1.50. The predicted molar refractivity (Wildman–Crippen MR) is 66.2 cm³/mol. The zero-order chi connectivity index (χ0) is 13.7. The van der Waals surface area contributed by atoms with Crippen LogP contribution in [0.25, 0.3) is 11.5 Å². The van der Waals surface area contributed by atoms with E-state index in [-0.39, 0.29) is 24.0 Å². The average molecular weight is 287 g/mol. The number of methoxy groups -OCH3 is 1. The molecule has 0 N–H and O–H groups in total. The van der Waals surface area contributed by atoms with Crippen molar-refractivity contribution in [1.29, 1.82) is 0 Å². The van der Waals surface area contributed by atoms with Crippen molar-refractivity contribution in [3.8, 4) is 11.5 Å². The van der Waals surface area contributed by atoms with Gasteiger partial charge in [0.1, 0.15) is 12.4 Å². The third-order valence-electron chi connectivity index (χ3n) is 2.28. The highest BCUT2D eigenvalue weighted by molar-refractivity contribution is 6.30. The van der Waals surface area contributed by atoms with Crippen LogP contribution in [0.3, 0.4) is 0 Å². The standard InChI is InChI=1S/C12H12ClFN2O3/c1-17-4-5-18-7-11-15-16-12(19-11)9-6-8(13)2-3-10(9)14/h2-3,6H,4-5,7H2,1H3. The van der Waals surface area contributed by atoms with Gasteiger partial charge < -0.3 is 13.9 Å². The Kier molecular flexibility index (Phi) is 4.84. The molecule has 1 aromatic carbocycles. The Labute approximate surface area is 114 Å². The predicted octanol–water partition coefficient (Wildman–Crippen LogP) is 2.69. The molecule has 0 fully saturated rings. The van der Waals surface area contributed by atoms with Crippen LogP contribution >= 0.6 is 11.6 Å².